The van der Waals surface area contributed by atoms with Crippen molar-refractivity contribution in [2.75, 3.05) is 13.2 Å². The number of carbonyl (C=O) groups excluding carboxylic acids is 2. The Kier molecular flexibility index (Phi) is 11.1. The summed E-state index contributed by atoms with van der Waals surface area (Å²) < 4.78 is 6.03. The molecular formula is C31H36Cl2N2O3. The number of unbranched alkanes of at least 4 members (excludes halogenated alkanes) is 1. The standard InChI is InChI=1S/C31H36Cl2N2O3/c1-5-6-14-34-31(37)28(17-24-10-8-7-9-11-24)35(19-25-12-13-26(32)18-27(25)33)30(36)20-38-29-16-21(2)15-22(3)23(29)4/h7-13,15-16,18,28H,5-6,14,17,19-20H2,1-4H3,(H,34,37)/t28-/m1/s1. The normalized spacial score (nSPS) is 11.6. The van der Waals surface area contributed by atoms with Crippen LogP contribution >= 0.6 is 23.2 Å². The Morgan fingerprint density at radius 2 is 1.74 bits per heavy atom. The maximum Gasteiger partial charge on any atom is 0.261 e. The summed E-state index contributed by atoms with van der Waals surface area (Å²) in [4.78, 5) is 28.9. The molecule has 0 spiro atoms. The summed E-state index contributed by atoms with van der Waals surface area (Å²) >= 11 is 12.6. The van der Waals surface area contributed by atoms with Crippen LogP contribution in [-0.4, -0.2) is 35.9 Å². The first-order valence-corrected chi connectivity index (χ1v) is 13.7. The molecule has 0 radical (unpaired) electrons. The van der Waals surface area contributed by atoms with E-state index in [1.54, 1.807) is 23.1 Å². The van der Waals surface area contributed by atoms with E-state index >= 15 is 0 Å². The number of carbonyl (C=O) groups is 2. The third kappa shape index (κ3) is 8.24. The lowest BCUT2D eigenvalue weighted by Crippen LogP contribution is -2.51. The lowest BCUT2D eigenvalue weighted by molar-refractivity contribution is -0.142. The molecule has 0 aromatic heterocycles. The van der Waals surface area contributed by atoms with E-state index in [9.17, 15) is 9.59 Å². The Morgan fingerprint density at radius 3 is 2.42 bits per heavy atom. The molecule has 7 heteroatoms. The predicted octanol–water partition coefficient (Wildman–Crippen LogP) is 6.85. The van der Waals surface area contributed by atoms with Gasteiger partial charge in [-0.1, -0.05) is 79.0 Å². The maximum atomic E-state index is 13.8. The number of nitrogens with zero attached hydrogens (tertiary/aromatic N) is 1. The number of hydrogen-bond donors (Lipinski definition) is 1. The van der Waals surface area contributed by atoms with Gasteiger partial charge in [0.15, 0.2) is 6.61 Å². The zero-order valence-corrected chi connectivity index (χ0v) is 24.0. The molecule has 2 amide bonds. The van der Waals surface area contributed by atoms with Crippen molar-refractivity contribution in [3.8, 4) is 5.75 Å². The number of halogens is 2. The van der Waals surface area contributed by atoms with Gasteiger partial charge in [-0.2, -0.15) is 0 Å². The first kappa shape index (κ1) is 29.5. The van der Waals surface area contributed by atoms with Crippen LogP contribution in [0.2, 0.25) is 10.0 Å². The van der Waals surface area contributed by atoms with Crippen molar-refractivity contribution in [1.82, 2.24) is 10.2 Å². The SMILES string of the molecule is CCCCNC(=O)[C@@H](Cc1ccccc1)N(Cc1ccc(Cl)cc1Cl)C(=O)COc1cc(C)cc(C)c1C. The van der Waals surface area contributed by atoms with Crippen LogP contribution in [-0.2, 0) is 22.6 Å². The average molecular weight is 556 g/mol. The summed E-state index contributed by atoms with van der Waals surface area (Å²) in [6.45, 7) is 8.53. The summed E-state index contributed by atoms with van der Waals surface area (Å²) in [7, 11) is 0. The molecule has 38 heavy (non-hydrogen) atoms. The second kappa shape index (κ2) is 14.2. The molecule has 1 atom stereocenters. The average Bonchev–Trinajstić information content (AvgIpc) is 2.89. The van der Waals surface area contributed by atoms with Crippen LogP contribution < -0.4 is 10.1 Å². The number of amides is 2. The van der Waals surface area contributed by atoms with E-state index in [0.29, 0.717) is 34.3 Å². The van der Waals surface area contributed by atoms with Crippen molar-refractivity contribution < 1.29 is 14.3 Å². The minimum absolute atomic E-state index is 0.142. The van der Waals surface area contributed by atoms with Gasteiger partial charge in [-0.15, -0.1) is 0 Å². The van der Waals surface area contributed by atoms with Crippen LogP contribution in [0.5, 0.6) is 5.75 Å². The van der Waals surface area contributed by atoms with E-state index in [1.807, 2.05) is 57.2 Å². The van der Waals surface area contributed by atoms with Gasteiger partial charge in [-0.25, -0.2) is 0 Å². The Balaban J connectivity index is 1.95. The molecule has 0 aliphatic carbocycles. The number of hydrogen-bond acceptors (Lipinski definition) is 3. The Morgan fingerprint density at radius 1 is 1.00 bits per heavy atom. The van der Waals surface area contributed by atoms with Crippen LogP contribution in [0.3, 0.4) is 0 Å². The van der Waals surface area contributed by atoms with E-state index in [2.05, 4.69) is 18.3 Å². The maximum absolute atomic E-state index is 13.8. The fourth-order valence-electron chi connectivity index (χ4n) is 4.27. The second-order valence-electron chi connectivity index (χ2n) is 9.60. The molecule has 0 fully saturated rings. The van der Waals surface area contributed by atoms with Crippen LogP contribution in [0.4, 0.5) is 0 Å². The highest BCUT2D eigenvalue weighted by Crippen LogP contribution is 2.26. The largest absolute Gasteiger partial charge is 0.483 e. The van der Waals surface area contributed by atoms with Crippen molar-refractivity contribution in [3.05, 3.63) is 98.5 Å². The van der Waals surface area contributed by atoms with E-state index < -0.39 is 6.04 Å². The van der Waals surface area contributed by atoms with E-state index in [1.165, 1.54) is 0 Å². The van der Waals surface area contributed by atoms with Gasteiger partial charge in [-0.3, -0.25) is 9.59 Å². The molecule has 3 aromatic carbocycles. The first-order chi connectivity index (χ1) is 18.2. The van der Waals surface area contributed by atoms with E-state index in [4.69, 9.17) is 27.9 Å². The molecule has 202 valence electrons. The fourth-order valence-corrected chi connectivity index (χ4v) is 4.73. The molecule has 0 saturated heterocycles. The Hall–Kier alpha value is -3.02. The highest BCUT2D eigenvalue weighted by Gasteiger charge is 2.31. The van der Waals surface area contributed by atoms with E-state index in [-0.39, 0.29) is 25.0 Å². The number of ether oxygens (including phenoxy) is 1. The van der Waals surface area contributed by atoms with Crippen molar-refractivity contribution in [2.24, 2.45) is 0 Å². The minimum atomic E-state index is -0.752. The Labute approximate surface area is 236 Å². The van der Waals surface area contributed by atoms with E-state index in [0.717, 1.165) is 35.1 Å². The predicted molar refractivity (Wildman–Crippen MR) is 155 cm³/mol. The molecule has 5 nitrogen and oxygen atoms in total. The highest BCUT2D eigenvalue weighted by molar-refractivity contribution is 6.35. The number of aryl methyl sites for hydroxylation is 2. The number of benzene rings is 3. The van der Waals surface area contributed by atoms with Gasteiger partial charge in [0.1, 0.15) is 11.8 Å². The molecule has 3 rings (SSSR count). The van der Waals surface area contributed by atoms with Gasteiger partial charge in [0.05, 0.1) is 0 Å². The molecule has 0 heterocycles. The van der Waals surface area contributed by atoms with Crippen molar-refractivity contribution in [3.63, 3.8) is 0 Å². The number of rotatable bonds is 12. The third-order valence-corrected chi connectivity index (χ3v) is 7.16. The summed E-state index contributed by atoms with van der Waals surface area (Å²) in [5.41, 5.74) is 4.78. The van der Waals surface area contributed by atoms with Gasteiger partial charge < -0.3 is 15.0 Å². The van der Waals surface area contributed by atoms with Gasteiger partial charge >= 0.3 is 0 Å². The summed E-state index contributed by atoms with van der Waals surface area (Å²) in [6, 6.07) is 18.1. The summed E-state index contributed by atoms with van der Waals surface area (Å²) in [5.74, 6) is 0.150. The molecule has 3 aromatic rings. The topological polar surface area (TPSA) is 58.6 Å². The molecule has 0 unspecified atom stereocenters. The smallest absolute Gasteiger partial charge is 0.261 e. The third-order valence-electron chi connectivity index (χ3n) is 6.57. The van der Waals surface area contributed by atoms with Crippen LogP contribution in [0.15, 0.2) is 60.7 Å². The molecule has 0 aliphatic heterocycles. The molecular weight excluding hydrogens is 519 g/mol. The van der Waals surface area contributed by atoms with Crippen LogP contribution in [0, 0.1) is 20.8 Å². The molecule has 0 saturated carbocycles. The monoisotopic (exact) mass is 554 g/mol. The first-order valence-electron chi connectivity index (χ1n) is 12.9. The quantitative estimate of drug-likeness (QED) is 0.249. The van der Waals surface area contributed by atoms with Crippen LogP contribution in [0.1, 0.15) is 47.6 Å². The fraction of sp³-hybridized carbons (Fsp3) is 0.355. The van der Waals surface area contributed by atoms with Gasteiger partial charge in [-0.05, 0) is 73.2 Å². The molecule has 1 N–H and O–H groups in total. The Bertz CT molecular complexity index is 1250. The molecule has 0 aliphatic rings. The summed E-state index contributed by atoms with van der Waals surface area (Å²) in [6.07, 6.45) is 2.17. The second-order valence-corrected chi connectivity index (χ2v) is 10.4. The van der Waals surface area contributed by atoms with Crippen molar-refractivity contribution in [1.29, 1.82) is 0 Å². The van der Waals surface area contributed by atoms with Gasteiger partial charge in [0.2, 0.25) is 5.91 Å². The zero-order valence-electron chi connectivity index (χ0n) is 22.5. The zero-order chi connectivity index (χ0) is 27.7. The van der Waals surface area contributed by atoms with Crippen molar-refractivity contribution in [2.45, 2.75) is 59.5 Å². The minimum Gasteiger partial charge on any atom is -0.483 e. The van der Waals surface area contributed by atoms with Crippen molar-refractivity contribution >= 4 is 35.0 Å². The lowest BCUT2D eigenvalue weighted by atomic mass is 10.0. The molecule has 0 bridgehead atoms. The lowest BCUT2D eigenvalue weighted by Gasteiger charge is -2.32. The summed E-state index contributed by atoms with van der Waals surface area (Å²) in [5, 5.41) is 3.96. The van der Waals surface area contributed by atoms with Gasteiger partial charge in [0, 0.05) is 29.6 Å². The van der Waals surface area contributed by atoms with Gasteiger partial charge in [0.25, 0.3) is 5.91 Å². The number of nitrogens with one attached hydrogen (secondary N) is 1. The van der Waals surface area contributed by atoms with Crippen LogP contribution in [0.25, 0.3) is 0 Å². The highest BCUT2D eigenvalue weighted by atomic mass is 35.5.